The van der Waals surface area contributed by atoms with Crippen LogP contribution in [0.1, 0.15) is 83.1 Å². The highest BCUT2D eigenvalue weighted by atomic mass is 16.5. The van der Waals surface area contributed by atoms with E-state index in [4.69, 9.17) is 5.84 Å². The molecule has 3 atom stereocenters. The number of carbonyl (C=O) groups excluding carboxylic acids is 3. The molecule has 5 N–H and O–H groups in total. The Hall–Kier alpha value is -2.98. The van der Waals surface area contributed by atoms with Gasteiger partial charge >= 0.3 is 0 Å². The Morgan fingerprint density at radius 3 is 2.46 bits per heavy atom. The van der Waals surface area contributed by atoms with E-state index in [2.05, 4.69) is 10.5 Å². The van der Waals surface area contributed by atoms with Crippen LogP contribution in [0.25, 0.3) is 0 Å². The van der Waals surface area contributed by atoms with Crippen LogP contribution in [0, 0.1) is 17.3 Å². The molecule has 0 aromatic heterocycles. The molecule has 0 saturated heterocycles. The van der Waals surface area contributed by atoms with E-state index in [0.29, 0.717) is 31.8 Å². The first-order valence-corrected chi connectivity index (χ1v) is 14.4. The van der Waals surface area contributed by atoms with Gasteiger partial charge < -0.3 is 4.90 Å². The molecular formula is C29H46N6O4. The van der Waals surface area contributed by atoms with E-state index in [0.717, 1.165) is 18.4 Å². The van der Waals surface area contributed by atoms with Gasteiger partial charge in [0.05, 0.1) is 5.92 Å². The first-order valence-electron chi connectivity index (χ1n) is 14.4. The molecule has 10 nitrogen and oxygen atoms in total. The third kappa shape index (κ3) is 7.79. The number of nitrogens with two attached hydrogens (primary N) is 1. The summed E-state index contributed by atoms with van der Waals surface area (Å²) in [7, 11) is 1.83. The Morgan fingerprint density at radius 2 is 1.87 bits per heavy atom. The van der Waals surface area contributed by atoms with E-state index in [-0.39, 0.29) is 18.6 Å². The van der Waals surface area contributed by atoms with E-state index < -0.39 is 29.2 Å². The molecule has 1 heterocycles. The monoisotopic (exact) mass is 542 g/mol. The predicted molar refractivity (Wildman–Crippen MR) is 150 cm³/mol. The van der Waals surface area contributed by atoms with E-state index >= 15 is 0 Å². The fraction of sp³-hybridized carbons (Fsp3) is 0.655. The number of hydrazone groups is 1. The zero-order valence-corrected chi connectivity index (χ0v) is 23.5. The van der Waals surface area contributed by atoms with Crippen molar-refractivity contribution in [1.82, 2.24) is 20.8 Å². The van der Waals surface area contributed by atoms with Gasteiger partial charge in [-0.3, -0.25) is 30.0 Å². The molecule has 1 aliphatic carbocycles. The van der Waals surface area contributed by atoms with Crippen molar-refractivity contribution in [1.29, 1.82) is 0 Å². The summed E-state index contributed by atoms with van der Waals surface area (Å²) in [6.45, 7) is 2.21. The molecule has 10 heteroatoms. The molecule has 2 aliphatic rings. The lowest BCUT2D eigenvalue weighted by Crippen LogP contribution is -2.59. The van der Waals surface area contributed by atoms with Gasteiger partial charge in [0.15, 0.2) is 5.78 Å². The zero-order valence-electron chi connectivity index (χ0n) is 23.5. The highest BCUT2D eigenvalue weighted by molar-refractivity contribution is 6.09. The van der Waals surface area contributed by atoms with Gasteiger partial charge in [-0.25, -0.2) is 11.3 Å². The maximum atomic E-state index is 14.7. The van der Waals surface area contributed by atoms with Crippen molar-refractivity contribution in [2.75, 3.05) is 13.7 Å². The van der Waals surface area contributed by atoms with Crippen molar-refractivity contribution in [2.24, 2.45) is 28.2 Å². The summed E-state index contributed by atoms with van der Waals surface area (Å²) < 4.78 is 0. The molecule has 3 rings (SSSR count). The van der Waals surface area contributed by atoms with E-state index in [1.165, 1.54) is 32.1 Å². The third-order valence-electron chi connectivity index (χ3n) is 8.43. The van der Waals surface area contributed by atoms with Crippen LogP contribution in [0.4, 0.5) is 0 Å². The lowest BCUT2D eigenvalue weighted by Gasteiger charge is -2.39. The molecule has 0 bridgehead atoms. The number of carbonyl (C=O) groups is 3. The van der Waals surface area contributed by atoms with Crippen molar-refractivity contribution in [2.45, 2.75) is 90.0 Å². The standard InChI is InChI=1S/C29H46N6O4/c1-3-18-29(28(38)32-30,19-17-23-13-8-5-9-14-23)26(36)25(35-21-34(2)20-31-35)24(27(37)33-39)16-10-15-22-11-6-4-7-12-22/h5,8-9,13-14,20,22,24-25,39H,3-4,6-7,10-12,15-19,21,30H2,1-2H3,(H,32,38)(H,33,37)/t24-,25+,29?/m0/s1. The number of rotatable bonds is 15. The average molecular weight is 543 g/mol. The van der Waals surface area contributed by atoms with Crippen LogP contribution in [0.5, 0.6) is 0 Å². The van der Waals surface area contributed by atoms with Crippen LogP contribution >= 0.6 is 0 Å². The first kappa shape index (κ1) is 30.6. The van der Waals surface area contributed by atoms with Crippen LogP contribution in [0.15, 0.2) is 35.4 Å². The number of hydroxylamine groups is 1. The topological polar surface area (TPSA) is 140 Å². The molecular weight excluding hydrogens is 496 g/mol. The fourth-order valence-corrected chi connectivity index (χ4v) is 6.32. The van der Waals surface area contributed by atoms with Crippen molar-refractivity contribution in [3.05, 3.63) is 35.9 Å². The van der Waals surface area contributed by atoms with Crippen LogP contribution < -0.4 is 16.7 Å². The first-order chi connectivity index (χ1) is 18.9. The summed E-state index contributed by atoms with van der Waals surface area (Å²) in [6.07, 6.45) is 11.4. The Morgan fingerprint density at radius 1 is 1.15 bits per heavy atom. The summed E-state index contributed by atoms with van der Waals surface area (Å²) in [5.41, 5.74) is 3.60. The number of benzene rings is 1. The van der Waals surface area contributed by atoms with Gasteiger partial charge in [0.25, 0.3) is 0 Å². The number of aryl methyl sites for hydroxylation is 1. The largest absolute Gasteiger partial charge is 0.345 e. The molecule has 1 aromatic rings. The van der Waals surface area contributed by atoms with E-state index in [1.54, 1.807) is 16.8 Å². The number of ketones is 1. The van der Waals surface area contributed by atoms with Crippen LogP contribution in [-0.4, -0.2) is 58.8 Å². The number of hydrazine groups is 1. The van der Waals surface area contributed by atoms with Gasteiger partial charge in [-0.05, 0) is 37.2 Å². The minimum absolute atomic E-state index is 0.242. The zero-order chi connectivity index (χ0) is 28.3. The second kappa shape index (κ2) is 15.0. The highest BCUT2D eigenvalue weighted by Gasteiger charge is 2.52. The van der Waals surface area contributed by atoms with E-state index in [9.17, 15) is 19.6 Å². The number of Topliss-reactive ketones (excluding diaryl/α,β-unsaturated/α-hetero) is 1. The quantitative estimate of drug-likeness (QED) is 0.0876. The van der Waals surface area contributed by atoms with Crippen LogP contribution in [-0.2, 0) is 20.8 Å². The second-order valence-electron chi connectivity index (χ2n) is 11.2. The number of amides is 2. The third-order valence-corrected chi connectivity index (χ3v) is 8.43. The molecule has 0 radical (unpaired) electrons. The maximum absolute atomic E-state index is 14.7. The molecule has 1 aromatic carbocycles. The van der Waals surface area contributed by atoms with E-state index in [1.807, 2.05) is 49.2 Å². The second-order valence-corrected chi connectivity index (χ2v) is 11.2. The van der Waals surface area contributed by atoms with Gasteiger partial charge in [0.1, 0.15) is 24.5 Å². The predicted octanol–water partition coefficient (Wildman–Crippen LogP) is 3.35. The Labute approximate surface area is 232 Å². The minimum Gasteiger partial charge on any atom is -0.345 e. The fourth-order valence-electron chi connectivity index (χ4n) is 6.32. The molecule has 39 heavy (non-hydrogen) atoms. The normalized spacial score (nSPS) is 18.9. The molecule has 216 valence electrons. The summed E-state index contributed by atoms with van der Waals surface area (Å²) in [5.74, 6) is 3.83. The lowest BCUT2D eigenvalue weighted by atomic mass is 9.69. The number of nitrogens with one attached hydrogen (secondary N) is 2. The van der Waals surface area contributed by atoms with Gasteiger partial charge in [0.2, 0.25) is 11.8 Å². The summed E-state index contributed by atoms with van der Waals surface area (Å²) in [6, 6.07) is 8.66. The molecule has 1 fully saturated rings. The number of hydrogen-bond acceptors (Lipinski definition) is 8. The van der Waals surface area contributed by atoms with Crippen LogP contribution in [0.3, 0.4) is 0 Å². The van der Waals surface area contributed by atoms with Crippen molar-refractivity contribution >= 4 is 23.9 Å². The molecule has 1 unspecified atom stereocenters. The smallest absolute Gasteiger partial charge is 0.249 e. The Kier molecular flexibility index (Phi) is 11.7. The summed E-state index contributed by atoms with van der Waals surface area (Å²) in [5, 5.41) is 15.7. The van der Waals surface area contributed by atoms with Gasteiger partial charge in [-0.15, -0.1) is 0 Å². The Bertz CT molecular complexity index is 968. The van der Waals surface area contributed by atoms with Crippen molar-refractivity contribution in [3.63, 3.8) is 0 Å². The molecule has 1 saturated carbocycles. The summed E-state index contributed by atoms with van der Waals surface area (Å²) in [4.78, 5) is 43.1. The van der Waals surface area contributed by atoms with Crippen LogP contribution in [0.2, 0.25) is 0 Å². The molecule has 1 aliphatic heterocycles. The summed E-state index contributed by atoms with van der Waals surface area (Å²) >= 11 is 0. The minimum atomic E-state index is -1.46. The SMILES string of the molecule is CCCC(CCc1ccccc1)(C(=O)NN)C(=O)[C@@H]([C@H](CCCC1CCCCC1)C(=O)NO)N1CN(C)C=N1. The van der Waals surface area contributed by atoms with Gasteiger partial charge in [-0.2, -0.15) is 5.10 Å². The Balaban J connectivity index is 1.95. The lowest BCUT2D eigenvalue weighted by molar-refractivity contribution is -0.152. The maximum Gasteiger partial charge on any atom is 0.249 e. The molecule has 2 amide bonds. The van der Waals surface area contributed by atoms with Crippen molar-refractivity contribution in [3.8, 4) is 0 Å². The van der Waals surface area contributed by atoms with Gasteiger partial charge in [0, 0.05) is 7.05 Å². The molecule has 0 spiro atoms. The average Bonchev–Trinajstić information content (AvgIpc) is 3.40. The highest BCUT2D eigenvalue weighted by Crippen LogP contribution is 2.38. The van der Waals surface area contributed by atoms with Gasteiger partial charge in [-0.1, -0.05) is 88.6 Å². The number of nitrogens with zero attached hydrogens (tertiary/aromatic N) is 3. The number of hydrogen-bond donors (Lipinski definition) is 4. The van der Waals surface area contributed by atoms with Crippen molar-refractivity contribution < 1.29 is 19.6 Å².